The number of nitrogens with one attached hydrogen (secondary N) is 2. The van der Waals surface area contributed by atoms with Crippen LogP contribution in [0.25, 0.3) is 32.9 Å². The Hall–Kier alpha value is -3.31. The summed E-state index contributed by atoms with van der Waals surface area (Å²) in [5.41, 5.74) is 5.08. The third-order valence-electron chi connectivity index (χ3n) is 4.99. The Labute approximate surface area is 166 Å². The molecule has 0 radical (unpaired) electrons. The molecule has 0 saturated carbocycles. The van der Waals surface area contributed by atoms with Crippen LogP contribution < -0.4 is 5.32 Å². The lowest BCUT2D eigenvalue weighted by atomic mass is 10.0. The SMILES string of the molecule is Cn1nc(CNc2n[nH]c3cc(Cl)c(-c4ccccc4)cc23)c2ccccc21. The molecule has 0 bridgehead atoms. The molecule has 3 aromatic carbocycles. The molecule has 6 heteroatoms. The van der Waals surface area contributed by atoms with Gasteiger partial charge in [-0.15, -0.1) is 0 Å². The average Bonchev–Trinajstić information content (AvgIpc) is 3.27. The van der Waals surface area contributed by atoms with Gasteiger partial charge >= 0.3 is 0 Å². The summed E-state index contributed by atoms with van der Waals surface area (Å²) in [4.78, 5) is 0. The number of halogens is 1. The Balaban J connectivity index is 1.51. The van der Waals surface area contributed by atoms with Gasteiger partial charge in [-0.1, -0.05) is 60.1 Å². The summed E-state index contributed by atoms with van der Waals surface area (Å²) in [6.07, 6.45) is 0. The molecule has 0 spiro atoms. The van der Waals surface area contributed by atoms with E-state index >= 15 is 0 Å². The predicted molar refractivity (Wildman–Crippen MR) is 115 cm³/mol. The molecule has 2 aromatic heterocycles. The molecule has 28 heavy (non-hydrogen) atoms. The minimum absolute atomic E-state index is 0.588. The van der Waals surface area contributed by atoms with E-state index in [1.54, 1.807) is 0 Å². The number of hydrogen-bond acceptors (Lipinski definition) is 3. The van der Waals surface area contributed by atoms with Crippen molar-refractivity contribution in [3.05, 3.63) is 77.4 Å². The summed E-state index contributed by atoms with van der Waals surface area (Å²) in [7, 11) is 1.96. The summed E-state index contributed by atoms with van der Waals surface area (Å²) in [6, 6.07) is 22.4. The van der Waals surface area contributed by atoms with E-state index in [1.807, 2.05) is 48.1 Å². The van der Waals surface area contributed by atoms with Gasteiger partial charge in [-0.05, 0) is 23.8 Å². The lowest BCUT2D eigenvalue weighted by Crippen LogP contribution is -2.02. The van der Waals surface area contributed by atoms with Crippen molar-refractivity contribution in [1.29, 1.82) is 0 Å². The van der Waals surface area contributed by atoms with Gasteiger partial charge in [0.15, 0.2) is 5.82 Å². The van der Waals surface area contributed by atoms with E-state index in [0.29, 0.717) is 11.6 Å². The Bertz CT molecular complexity index is 1290. The first-order chi connectivity index (χ1) is 13.7. The molecule has 0 aliphatic heterocycles. The maximum Gasteiger partial charge on any atom is 0.156 e. The van der Waals surface area contributed by atoms with Crippen LogP contribution in [0, 0.1) is 0 Å². The van der Waals surface area contributed by atoms with Crippen molar-refractivity contribution in [3.8, 4) is 11.1 Å². The van der Waals surface area contributed by atoms with Crippen molar-refractivity contribution in [2.75, 3.05) is 5.32 Å². The zero-order chi connectivity index (χ0) is 19.1. The smallest absolute Gasteiger partial charge is 0.156 e. The van der Waals surface area contributed by atoms with Gasteiger partial charge in [0.25, 0.3) is 0 Å². The van der Waals surface area contributed by atoms with E-state index in [9.17, 15) is 0 Å². The van der Waals surface area contributed by atoms with E-state index < -0.39 is 0 Å². The summed E-state index contributed by atoms with van der Waals surface area (Å²) in [5, 5.41) is 18.4. The Kier molecular flexibility index (Phi) is 4.02. The number of aromatic amines is 1. The van der Waals surface area contributed by atoms with Gasteiger partial charge < -0.3 is 5.32 Å². The van der Waals surface area contributed by atoms with Crippen molar-refractivity contribution in [3.63, 3.8) is 0 Å². The number of nitrogens with zero attached hydrogens (tertiary/aromatic N) is 3. The van der Waals surface area contributed by atoms with E-state index in [1.165, 1.54) is 0 Å². The molecule has 0 saturated heterocycles. The van der Waals surface area contributed by atoms with Gasteiger partial charge in [0.1, 0.15) is 0 Å². The first-order valence-corrected chi connectivity index (χ1v) is 9.46. The lowest BCUT2D eigenvalue weighted by molar-refractivity contribution is 0.771. The van der Waals surface area contributed by atoms with Gasteiger partial charge in [0.05, 0.1) is 28.3 Å². The zero-order valence-electron chi connectivity index (χ0n) is 15.3. The van der Waals surface area contributed by atoms with Gasteiger partial charge in [-0.3, -0.25) is 9.78 Å². The molecule has 0 unspecified atom stereocenters. The highest BCUT2D eigenvalue weighted by Crippen LogP contribution is 2.34. The molecular formula is C22H18ClN5. The minimum Gasteiger partial charge on any atom is -0.362 e. The highest BCUT2D eigenvalue weighted by molar-refractivity contribution is 6.34. The van der Waals surface area contributed by atoms with Gasteiger partial charge in [0.2, 0.25) is 0 Å². The number of aromatic nitrogens is 4. The van der Waals surface area contributed by atoms with Crippen LogP contribution in [0.3, 0.4) is 0 Å². The number of rotatable bonds is 4. The fraction of sp³-hybridized carbons (Fsp3) is 0.0909. The Morgan fingerprint density at radius 1 is 1.00 bits per heavy atom. The van der Waals surface area contributed by atoms with Gasteiger partial charge in [-0.2, -0.15) is 10.2 Å². The maximum absolute atomic E-state index is 6.51. The van der Waals surface area contributed by atoms with Crippen molar-refractivity contribution < 1.29 is 0 Å². The number of benzene rings is 3. The highest BCUT2D eigenvalue weighted by atomic mass is 35.5. The molecule has 0 aliphatic carbocycles. The van der Waals surface area contributed by atoms with Crippen molar-refractivity contribution in [2.45, 2.75) is 6.54 Å². The fourth-order valence-electron chi connectivity index (χ4n) is 3.60. The van der Waals surface area contributed by atoms with Gasteiger partial charge in [-0.25, -0.2) is 0 Å². The van der Waals surface area contributed by atoms with Crippen molar-refractivity contribution >= 4 is 39.2 Å². The highest BCUT2D eigenvalue weighted by Gasteiger charge is 2.13. The molecule has 5 nitrogen and oxygen atoms in total. The number of anilines is 1. The third-order valence-corrected chi connectivity index (χ3v) is 5.31. The van der Waals surface area contributed by atoms with Crippen LogP contribution in [0.4, 0.5) is 5.82 Å². The zero-order valence-corrected chi connectivity index (χ0v) is 16.0. The normalized spacial score (nSPS) is 11.4. The van der Waals surface area contributed by atoms with E-state index in [4.69, 9.17) is 11.6 Å². The fourth-order valence-corrected chi connectivity index (χ4v) is 3.87. The first-order valence-electron chi connectivity index (χ1n) is 9.08. The number of fused-ring (bicyclic) bond motifs is 2. The second-order valence-electron chi connectivity index (χ2n) is 6.76. The third kappa shape index (κ3) is 2.80. The molecule has 0 aliphatic rings. The van der Waals surface area contributed by atoms with E-state index in [0.717, 1.165) is 44.4 Å². The minimum atomic E-state index is 0.588. The summed E-state index contributed by atoms with van der Waals surface area (Å²) in [6.45, 7) is 0.588. The van der Waals surface area contributed by atoms with Crippen LogP contribution in [0.2, 0.25) is 5.02 Å². The maximum atomic E-state index is 6.51. The number of aryl methyl sites for hydroxylation is 1. The Morgan fingerprint density at radius 3 is 2.64 bits per heavy atom. The molecule has 138 valence electrons. The van der Waals surface area contributed by atoms with E-state index in [2.05, 4.69) is 50.9 Å². The van der Waals surface area contributed by atoms with Crippen molar-refractivity contribution in [2.24, 2.45) is 7.05 Å². The predicted octanol–water partition coefficient (Wildman–Crippen LogP) is 5.38. The average molecular weight is 388 g/mol. The van der Waals surface area contributed by atoms with Crippen molar-refractivity contribution in [1.82, 2.24) is 20.0 Å². The van der Waals surface area contributed by atoms with Crippen LogP contribution in [-0.2, 0) is 13.6 Å². The second-order valence-corrected chi connectivity index (χ2v) is 7.16. The first kappa shape index (κ1) is 16.8. The molecular weight excluding hydrogens is 370 g/mol. The van der Waals surface area contributed by atoms with Crippen LogP contribution in [-0.4, -0.2) is 20.0 Å². The molecule has 2 heterocycles. The largest absolute Gasteiger partial charge is 0.362 e. The molecule has 5 rings (SSSR count). The van der Waals surface area contributed by atoms with Crippen LogP contribution in [0.1, 0.15) is 5.69 Å². The number of hydrogen-bond donors (Lipinski definition) is 2. The molecule has 0 fully saturated rings. The van der Waals surface area contributed by atoms with Crippen LogP contribution >= 0.6 is 11.6 Å². The van der Waals surface area contributed by atoms with Gasteiger partial charge in [0, 0.05) is 23.4 Å². The second kappa shape index (κ2) is 6.69. The lowest BCUT2D eigenvalue weighted by Gasteiger charge is -2.06. The quantitative estimate of drug-likeness (QED) is 0.435. The molecule has 0 atom stereocenters. The van der Waals surface area contributed by atoms with E-state index in [-0.39, 0.29) is 0 Å². The van der Waals surface area contributed by atoms with Crippen LogP contribution in [0.15, 0.2) is 66.7 Å². The summed E-state index contributed by atoms with van der Waals surface area (Å²) >= 11 is 6.51. The molecule has 0 amide bonds. The monoisotopic (exact) mass is 387 g/mol. The number of H-pyrrole nitrogens is 1. The number of para-hydroxylation sites is 1. The Morgan fingerprint density at radius 2 is 1.79 bits per heavy atom. The standard InChI is InChI=1S/C22H18ClN5/c1-28-21-10-6-5-9-15(21)20(27-28)13-24-22-17-11-16(14-7-3-2-4-8-14)18(23)12-19(17)25-26-22/h2-12H,13H2,1H3,(H2,24,25,26). The molecule has 2 N–H and O–H groups in total. The van der Waals surface area contributed by atoms with Crippen LogP contribution in [0.5, 0.6) is 0 Å². The summed E-state index contributed by atoms with van der Waals surface area (Å²) < 4.78 is 1.91. The topological polar surface area (TPSA) is 58.5 Å². The molecule has 5 aromatic rings. The summed E-state index contributed by atoms with van der Waals surface area (Å²) in [5.74, 6) is 0.790.